The molecule has 3 aromatic heterocycles. The van der Waals surface area contributed by atoms with Gasteiger partial charge in [0.25, 0.3) is 6.33 Å². The van der Waals surface area contributed by atoms with E-state index in [1.807, 2.05) is 0 Å². The van der Waals surface area contributed by atoms with Gasteiger partial charge >= 0.3 is 12.1 Å². The van der Waals surface area contributed by atoms with E-state index >= 15 is 4.39 Å². The number of carbonyl (C=O) groups is 2. The van der Waals surface area contributed by atoms with Gasteiger partial charge in [-0.15, -0.1) is 16.0 Å². The smallest absolute Gasteiger partial charge is 0.418 e. The van der Waals surface area contributed by atoms with Crippen LogP contribution >= 0.6 is 11.3 Å². The van der Waals surface area contributed by atoms with Gasteiger partial charge in [0.2, 0.25) is 23.0 Å². The number of rotatable bonds is 13. The number of likely N-dealkylation sites (N-methyl/N-ethyl adjacent to an activating group) is 1. The van der Waals surface area contributed by atoms with Crippen LogP contribution in [-0.2, 0) is 43.4 Å². The summed E-state index contributed by atoms with van der Waals surface area (Å²) in [5, 5.41) is 30.6. The van der Waals surface area contributed by atoms with Crippen LogP contribution in [0.5, 0.6) is 0 Å². The maximum absolute atomic E-state index is 15.3. The van der Waals surface area contributed by atoms with Gasteiger partial charge in [-0.05, 0) is 43.4 Å². The van der Waals surface area contributed by atoms with Gasteiger partial charge in [-0.1, -0.05) is 25.1 Å². The van der Waals surface area contributed by atoms with Gasteiger partial charge in [0, 0.05) is 53.3 Å². The number of nitrogens with one attached hydrogen (secondary N) is 1. The highest BCUT2D eigenvalue weighted by molar-refractivity contribution is 7.79. The zero-order chi connectivity index (χ0) is 41.2. The maximum Gasteiger partial charge on any atom is 0.418 e. The Morgan fingerprint density at radius 1 is 1.20 bits per heavy atom. The number of nitriles is 1. The van der Waals surface area contributed by atoms with E-state index < -0.39 is 51.8 Å². The fourth-order valence-corrected chi connectivity index (χ4v) is 6.22. The largest absolute Gasteiger partial charge is 0.726 e. The van der Waals surface area contributed by atoms with Crippen LogP contribution in [0.15, 0.2) is 78.8 Å². The second-order valence-corrected chi connectivity index (χ2v) is 13.8. The van der Waals surface area contributed by atoms with E-state index in [9.17, 15) is 19.1 Å². The number of hydrogen-bond donors (Lipinski definition) is 3. The number of aliphatic hydroxyl groups is 1. The molecule has 0 fully saturated rings. The first-order chi connectivity index (χ1) is 26.4. The number of benzene rings is 2. The highest BCUT2D eigenvalue weighted by Gasteiger charge is 2.43. The zero-order valence-corrected chi connectivity index (χ0v) is 31.9. The van der Waals surface area contributed by atoms with Gasteiger partial charge in [0.15, 0.2) is 0 Å². The Morgan fingerprint density at radius 2 is 1.89 bits per heavy atom. The molecule has 0 aliphatic carbocycles. The Labute approximate surface area is 324 Å². The van der Waals surface area contributed by atoms with Gasteiger partial charge in [-0.2, -0.15) is 9.83 Å². The molecule has 5 aromatic rings. The lowest BCUT2D eigenvalue weighted by atomic mass is 9.82. The molecule has 0 aliphatic rings. The van der Waals surface area contributed by atoms with Crippen LogP contribution in [0.25, 0.3) is 11.3 Å². The lowest BCUT2D eigenvalue weighted by Gasteiger charge is -2.32. The Kier molecular flexibility index (Phi) is 14.4. The SMILES string of the molecule is CNCC(=O)OCc1cccnc1N(C)C(=O)OC(C)[n+]1cnn(C[C@](O)(c2cc(F)ccc2F)[C@H](C)c2nc(-c3ccc(C#N)cc3)cs2)c1.O=S(=O)([O-])O. The topological polar surface area (TPSA) is 237 Å². The van der Waals surface area contributed by atoms with Crippen LogP contribution in [0.4, 0.5) is 19.4 Å². The highest BCUT2D eigenvalue weighted by Crippen LogP contribution is 2.41. The number of halogens is 2. The van der Waals surface area contributed by atoms with Crippen molar-refractivity contribution in [2.45, 2.75) is 44.7 Å². The summed E-state index contributed by atoms with van der Waals surface area (Å²) >= 11 is 1.25. The van der Waals surface area contributed by atoms with Gasteiger partial charge in [0.1, 0.15) is 36.2 Å². The van der Waals surface area contributed by atoms with Gasteiger partial charge in [0.05, 0.1) is 28.9 Å². The molecule has 296 valence electrons. The molecule has 2 aromatic carbocycles. The molecular weight excluding hydrogens is 779 g/mol. The number of esters is 1. The molecule has 1 amide bonds. The molecule has 21 heteroatoms. The van der Waals surface area contributed by atoms with Crippen LogP contribution in [0, 0.1) is 23.0 Å². The van der Waals surface area contributed by atoms with Gasteiger partial charge < -0.3 is 24.4 Å². The van der Waals surface area contributed by atoms with Crippen LogP contribution in [0.1, 0.15) is 47.7 Å². The summed E-state index contributed by atoms with van der Waals surface area (Å²) in [7, 11) is -1.84. The van der Waals surface area contributed by atoms with E-state index in [4.69, 9.17) is 37.2 Å². The molecule has 17 nitrogen and oxygen atoms in total. The number of ether oxygens (including phenoxy) is 2. The number of nitrogens with zero attached hydrogens (tertiary/aromatic N) is 7. The van der Waals surface area contributed by atoms with E-state index in [-0.39, 0.29) is 31.1 Å². The zero-order valence-electron chi connectivity index (χ0n) is 30.2. The molecule has 0 bridgehead atoms. The van der Waals surface area contributed by atoms with E-state index in [1.165, 1.54) is 51.4 Å². The van der Waals surface area contributed by atoms with Crippen LogP contribution < -0.4 is 14.8 Å². The van der Waals surface area contributed by atoms with E-state index in [0.717, 1.165) is 23.8 Å². The van der Waals surface area contributed by atoms with Crippen molar-refractivity contribution in [2.75, 3.05) is 25.5 Å². The summed E-state index contributed by atoms with van der Waals surface area (Å²) in [4.78, 5) is 35.1. The Morgan fingerprint density at radius 3 is 2.55 bits per heavy atom. The third-order valence-corrected chi connectivity index (χ3v) is 9.20. The lowest BCUT2D eigenvalue weighted by molar-refractivity contribution is -0.753. The molecule has 5 rings (SSSR count). The number of pyridine rings is 1. The van der Waals surface area contributed by atoms with Crippen molar-refractivity contribution in [1.82, 2.24) is 25.1 Å². The molecular formula is C35H36F2N8O9S2. The minimum absolute atomic E-state index is 0.0229. The standard InChI is InChI=1S/C35H35F2N8O5S.H2O4S/c1-22(33-42-30(18-51-33)25-9-7-24(15-38)8-10-25)35(48,28-14-27(36)11-12-29(28)37)19-45-21-44(20-41-45)23(2)50-34(47)43(4)32-26(6-5-13-40-32)17-49-31(46)16-39-3;1-5(2,3)4/h5-14,18,20-23,39,48H,16-17,19H2,1-4H3;(H2,1,2,3,4)/q+1;/p-1/t22-,23?,35-;/m1./s1. The molecule has 0 aliphatic heterocycles. The predicted molar refractivity (Wildman–Crippen MR) is 193 cm³/mol. The number of amides is 1. The highest BCUT2D eigenvalue weighted by atomic mass is 32.3. The van der Waals surface area contributed by atoms with Gasteiger partial charge in [-0.3, -0.25) is 14.2 Å². The second kappa shape index (κ2) is 18.7. The number of hydrogen-bond acceptors (Lipinski definition) is 14. The first-order valence-electron chi connectivity index (χ1n) is 16.4. The van der Waals surface area contributed by atoms with Crippen molar-refractivity contribution < 1.29 is 55.0 Å². The molecule has 3 N–H and O–H groups in total. The van der Waals surface area contributed by atoms with E-state index in [1.54, 1.807) is 62.7 Å². The van der Waals surface area contributed by atoms with Crippen LogP contribution in [-0.4, -0.2) is 75.1 Å². The molecule has 56 heavy (non-hydrogen) atoms. The van der Waals surface area contributed by atoms with Crippen molar-refractivity contribution in [3.05, 3.63) is 112 Å². The van der Waals surface area contributed by atoms with Crippen molar-refractivity contribution >= 4 is 39.6 Å². The maximum atomic E-state index is 15.3. The van der Waals surface area contributed by atoms with E-state index in [0.29, 0.717) is 21.8 Å². The minimum Gasteiger partial charge on any atom is -0.726 e. The molecule has 0 saturated carbocycles. The fourth-order valence-electron chi connectivity index (χ4n) is 5.25. The molecule has 3 heterocycles. The third kappa shape index (κ3) is 11.4. The fraction of sp³-hybridized carbons (Fsp3) is 0.286. The number of aromatic nitrogens is 5. The first kappa shape index (κ1) is 43.0. The van der Waals surface area contributed by atoms with Gasteiger partial charge in [-0.25, -0.2) is 32.0 Å². The quantitative estimate of drug-likeness (QED) is 0.0667. The molecule has 1 unspecified atom stereocenters. The lowest BCUT2D eigenvalue weighted by Crippen LogP contribution is -2.42. The second-order valence-electron chi connectivity index (χ2n) is 12.1. The number of carbonyl (C=O) groups excluding carboxylic acids is 2. The Hall–Kier alpha value is -5.76. The summed E-state index contributed by atoms with van der Waals surface area (Å²) in [5.41, 5.74) is 0.000750. The summed E-state index contributed by atoms with van der Waals surface area (Å²) in [6, 6.07) is 15.1. The number of anilines is 1. The monoisotopic (exact) mass is 814 g/mol. The van der Waals surface area contributed by atoms with Crippen LogP contribution in [0.2, 0.25) is 0 Å². The average molecular weight is 815 g/mol. The predicted octanol–water partition coefficient (Wildman–Crippen LogP) is 3.59. The summed E-state index contributed by atoms with van der Waals surface area (Å²) < 4.78 is 76.4. The van der Waals surface area contributed by atoms with Crippen molar-refractivity contribution in [1.29, 1.82) is 5.26 Å². The number of thiazole rings is 1. The third-order valence-electron chi connectivity index (χ3n) is 8.18. The van der Waals surface area contributed by atoms with Crippen molar-refractivity contribution in [3.8, 4) is 17.3 Å². The normalized spacial score (nSPS) is 13.3. The minimum atomic E-state index is -4.92. The molecule has 0 spiro atoms. The first-order valence-corrected chi connectivity index (χ1v) is 18.6. The Bertz CT molecular complexity index is 2290. The summed E-state index contributed by atoms with van der Waals surface area (Å²) in [6.07, 6.45) is 2.65. The molecule has 0 radical (unpaired) electrons. The molecule has 3 atom stereocenters. The van der Waals surface area contributed by atoms with Crippen LogP contribution in [0.3, 0.4) is 0 Å². The Balaban J connectivity index is 0.00000131. The molecule has 0 saturated heterocycles. The van der Waals surface area contributed by atoms with E-state index in [2.05, 4.69) is 21.5 Å². The summed E-state index contributed by atoms with van der Waals surface area (Å²) in [5.74, 6) is -2.64. The summed E-state index contributed by atoms with van der Waals surface area (Å²) in [6.45, 7) is 2.85. The average Bonchev–Trinajstić information content (AvgIpc) is 3.84. The van der Waals surface area contributed by atoms with Crippen molar-refractivity contribution in [3.63, 3.8) is 0 Å². The van der Waals surface area contributed by atoms with Crippen molar-refractivity contribution in [2.24, 2.45) is 0 Å².